The predicted octanol–water partition coefficient (Wildman–Crippen LogP) is 2.68. The first-order valence-corrected chi connectivity index (χ1v) is 16.8. The molecular weight excluding hydrogens is 725 g/mol. The number of nitrogens with zero attached hydrogens (tertiary/aromatic N) is 3. The van der Waals surface area contributed by atoms with Gasteiger partial charge in [0.15, 0.2) is 11.7 Å². The number of rotatable bonds is 11. The largest absolute Gasteiger partial charge is 0.467 e. The van der Waals surface area contributed by atoms with Gasteiger partial charge in [0, 0.05) is 10.8 Å². The third-order valence-corrected chi connectivity index (χ3v) is 6.95. The molecule has 1 aliphatic rings. The van der Waals surface area contributed by atoms with Gasteiger partial charge in [0.2, 0.25) is 0 Å². The normalized spacial score (nSPS) is 12.0. The number of amidine groups is 2. The maximum atomic E-state index is 12.2. The van der Waals surface area contributed by atoms with Crippen LogP contribution >= 0.6 is 22.7 Å². The number of ether oxygens (including phenoxy) is 4. The van der Waals surface area contributed by atoms with E-state index in [4.69, 9.17) is 40.5 Å². The smallest absolute Gasteiger partial charge is 0.413 e. The Bertz CT molecular complexity index is 1670. The van der Waals surface area contributed by atoms with E-state index in [1.165, 1.54) is 11.3 Å². The summed E-state index contributed by atoms with van der Waals surface area (Å²) in [4.78, 5) is 65.3. The van der Waals surface area contributed by atoms with Crippen LogP contribution in [0.25, 0.3) is 0 Å². The molecule has 0 radical (unpaired) electrons. The average molecular weight is 767 g/mol. The van der Waals surface area contributed by atoms with Gasteiger partial charge in [-0.2, -0.15) is 9.97 Å². The van der Waals surface area contributed by atoms with E-state index in [0.717, 1.165) is 11.3 Å². The summed E-state index contributed by atoms with van der Waals surface area (Å²) >= 11 is 2.33. The van der Waals surface area contributed by atoms with E-state index in [1.54, 1.807) is 76.6 Å². The monoisotopic (exact) mass is 766 g/mol. The van der Waals surface area contributed by atoms with Crippen molar-refractivity contribution in [2.75, 3.05) is 26.4 Å². The molecule has 22 heteroatoms. The number of thiazole rings is 2. The summed E-state index contributed by atoms with van der Waals surface area (Å²) in [5.41, 5.74) is -0.206. The van der Waals surface area contributed by atoms with Gasteiger partial charge in [0.25, 0.3) is 22.2 Å². The molecule has 2 aromatic heterocycles. The lowest BCUT2D eigenvalue weighted by molar-refractivity contribution is -0.0976. The lowest BCUT2D eigenvalue weighted by Gasteiger charge is -2.19. The number of imide groups is 1. The van der Waals surface area contributed by atoms with E-state index in [9.17, 15) is 19.2 Å². The van der Waals surface area contributed by atoms with Crippen molar-refractivity contribution in [3.63, 3.8) is 0 Å². The van der Waals surface area contributed by atoms with Gasteiger partial charge in [-0.05, 0) is 53.7 Å². The third kappa shape index (κ3) is 14.3. The molecule has 0 spiro atoms. The van der Waals surface area contributed by atoms with Crippen molar-refractivity contribution in [3.05, 3.63) is 57.5 Å². The fourth-order valence-corrected chi connectivity index (χ4v) is 4.91. The van der Waals surface area contributed by atoms with Crippen LogP contribution in [0.2, 0.25) is 0 Å². The number of carbonyl (C=O) groups is 4. The SMILES string of the molecule is CC(C)(C)OC(=O)NC(=N)c1csc(OCCON)n1.CC(C)(C)OC(=O)NC(=N)c1csc(OCCON2C(=O)c3ccccc3C2=O)n1.NN. The zero-order valence-corrected chi connectivity index (χ0v) is 30.9. The molecule has 3 aromatic rings. The van der Waals surface area contributed by atoms with Gasteiger partial charge in [0.1, 0.15) is 49.0 Å². The maximum absolute atomic E-state index is 12.2. The van der Waals surface area contributed by atoms with Crippen LogP contribution in [-0.2, 0) is 19.1 Å². The van der Waals surface area contributed by atoms with Gasteiger partial charge >= 0.3 is 12.2 Å². The molecule has 4 rings (SSSR count). The molecule has 10 N–H and O–H groups in total. The topological polar surface area (TPSA) is 302 Å². The van der Waals surface area contributed by atoms with E-state index in [0.29, 0.717) is 27.1 Å². The van der Waals surface area contributed by atoms with Crippen LogP contribution in [0.15, 0.2) is 35.0 Å². The van der Waals surface area contributed by atoms with Crippen LogP contribution in [-0.4, -0.2) is 88.3 Å². The molecular formula is C30H42N10O10S2. The Kier molecular flexibility index (Phi) is 16.6. The molecule has 3 heterocycles. The van der Waals surface area contributed by atoms with Crippen LogP contribution in [0.5, 0.6) is 10.4 Å². The van der Waals surface area contributed by atoms with Crippen molar-refractivity contribution in [2.45, 2.75) is 52.7 Å². The number of benzene rings is 1. The van der Waals surface area contributed by atoms with Crippen molar-refractivity contribution >= 4 is 58.3 Å². The lowest BCUT2D eigenvalue weighted by Crippen LogP contribution is -2.36. The number of nitrogens with one attached hydrogen (secondary N) is 4. The molecule has 0 unspecified atom stereocenters. The molecule has 4 amide bonds. The van der Waals surface area contributed by atoms with E-state index in [1.807, 2.05) is 0 Å². The highest BCUT2D eigenvalue weighted by Crippen LogP contribution is 2.23. The third-order valence-electron chi connectivity index (χ3n) is 5.44. The highest BCUT2D eigenvalue weighted by atomic mass is 32.1. The predicted molar refractivity (Wildman–Crippen MR) is 189 cm³/mol. The zero-order valence-electron chi connectivity index (χ0n) is 29.3. The Hall–Kier alpha value is -5.10. The highest BCUT2D eigenvalue weighted by molar-refractivity contribution is 7.12. The zero-order chi connectivity index (χ0) is 39.1. The Morgan fingerprint density at radius 2 is 1.15 bits per heavy atom. The van der Waals surface area contributed by atoms with Gasteiger partial charge in [-0.1, -0.05) is 34.8 Å². The summed E-state index contributed by atoms with van der Waals surface area (Å²) in [7, 11) is 0. The number of nitrogens with two attached hydrogens (primary N) is 3. The van der Waals surface area contributed by atoms with Crippen LogP contribution in [0.1, 0.15) is 73.6 Å². The second-order valence-electron chi connectivity index (χ2n) is 11.9. The highest BCUT2D eigenvalue weighted by Gasteiger charge is 2.36. The summed E-state index contributed by atoms with van der Waals surface area (Å²) < 4.78 is 20.8. The molecule has 52 heavy (non-hydrogen) atoms. The number of hydrogen-bond donors (Lipinski definition) is 7. The van der Waals surface area contributed by atoms with Crippen LogP contribution < -0.4 is 37.7 Å². The number of fused-ring (bicyclic) bond motifs is 1. The molecule has 20 nitrogen and oxygen atoms in total. The van der Waals surface area contributed by atoms with Crippen molar-refractivity contribution < 1.29 is 47.8 Å². The van der Waals surface area contributed by atoms with Crippen LogP contribution in [0, 0.1) is 10.8 Å². The number of hydroxylamine groups is 2. The second-order valence-corrected chi connectivity index (χ2v) is 13.5. The molecule has 0 fully saturated rings. The van der Waals surface area contributed by atoms with E-state index < -0.39 is 35.2 Å². The van der Waals surface area contributed by atoms with Crippen molar-refractivity contribution in [2.24, 2.45) is 17.6 Å². The molecule has 0 saturated carbocycles. The van der Waals surface area contributed by atoms with E-state index in [2.05, 4.69) is 37.1 Å². The Morgan fingerprint density at radius 1 is 0.750 bits per heavy atom. The fourth-order valence-electron chi connectivity index (χ4n) is 3.54. The minimum absolute atomic E-state index is 0.0210. The first-order valence-electron chi connectivity index (χ1n) is 15.1. The van der Waals surface area contributed by atoms with Gasteiger partial charge < -0.3 is 23.8 Å². The summed E-state index contributed by atoms with van der Waals surface area (Å²) in [5, 5.41) is 24.7. The molecule has 0 saturated heterocycles. The first-order chi connectivity index (χ1) is 24.5. The summed E-state index contributed by atoms with van der Waals surface area (Å²) in [6.07, 6.45) is -1.45. The molecule has 1 aliphatic heterocycles. The van der Waals surface area contributed by atoms with Crippen molar-refractivity contribution in [3.8, 4) is 10.4 Å². The fraction of sp³-hybridized carbons (Fsp3) is 0.400. The minimum Gasteiger partial charge on any atom is -0.467 e. The Balaban J connectivity index is 0.000000371. The molecule has 0 bridgehead atoms. The Labute approximate surface area is 306 Å². The molecule has 0 aliphatic carbocycles. The number of hydrazine groups is 1. The summed E-state index contributed by atoms with van der Waals surface area (Å²) in [6, 6.07) is 6.47. The van der Waals surface area contributed by atoms with Gasteiger partial charge in [-0.25, -0.2) is 15.5 Å². The van der Waals surface area contributed by atoms with Crippen LogP contribution in [0.3, 0.4) is 0 Å². The summed E-state index contributed by atoms with van der Waals surface area (Å²) in [5.74, 6) is 11.4. The average Bonchev–Trinajstić information content (AvgIpc) is 3.79. The van der Waals surface area contributed by atoms with Gasteiger partial charge in [0.05, 0.1) is 11.1 Å². The standard InChI is InChI=1S/C19H20N4O6S.C11H18N4O4S.H4N2/c1-19(2,3)29-17(26)22-14(20)13-10-30-18(21-13)27-8-9-28-23-15(24)11-6-4-5-7-12(11)16(23)25;1-11(2,3)19-9(16)15-8(12)7-6-20-10(14-7)17-4-5-18-13;1-2/h4-7,10H,8-9H2,1-3H3,(H2,20,22,26);6H,4-5,13H2,1-3H3,(H2,12,15,16);1-2H2. The van der Waals surface area contributed by atoms with Gasteiger partial charge in [-0.15, -0.1) is 5.06 Å². The second kappa shape index (κ2) is 20.1. The number of alkyl carbamates (subject to hydrolysis) is 2. The lowest BCUT2D eigenvalue weighted by atomic mass is 10.1. The molecule has 284 valence electrons. The van der Waals surface area contributed by atoms with Crippen molar-refractivity contribution in [1.82, 2.24) is 25.7 Å². The number of aromatic nitrogens is 2. The van der Waals surface area contributed by atoms with E-state index >= 15 is 0 Å². The first kappa shape index (κ1) is 43.1. The quantitative estimate of drug-likeness (QED) is 0.0369. The number of carbonyl (C=O) groups excluding carboxylic acids is 4. The van der Waals surface area contributed by atoms with Crippen LogP contribution in [0.4, 0.5) is 9.59 Å². The maximum Gasteiger partial charge on any atom is 0.413 e. The van der Waals surface area contributed by atoms with E-state index in [-0.39, 0.29) is 49.0 Å². The number of amides is 4. The molecule has 1 aromatic carbocycles. The molecule has 0 atom stereocenters. The number of hydrogen-bond acceptors (Lipinski definition) is 19. The summed E-state index contributed by atoms with van der Waals surface area (Å²) in [6.45, 7) is 10.8. The minimum atomic E-state index is -0.752. The van der Waals surface area contributed by atoms with Crippen molar-refractivity contribution in [1.29, 1.82) is 10.8 Å². The Morgan fingerprint density at radius 3 is 1.54 bits per heavy atom. The van der Waals surface area contributed by atoms with Gasteiger partial charge in [-0.3, -0.25) is 47.6 Å².